The summed E-state index contributed by atoms with van der Waals surface area (Å²) in [6, 6.07) is -0.281. The van der Waals surface area contributed by atoms with E-state index in [1.807, 2.05) is 19.0 Å². The van der Waals surface area contributed by atoms with E-state index in [4.69, 9.17) is 5.73 Å². The summed E-state index contributed by atoms with van der Waals surface area (Å²) in [6.45, 7) is 5.89. The average Bonchev–Trinajstić information content (AvgIpc) is 2.12. The van der Waals surface area contributed by atoms with Gasteiger partial charge < -0.3 is 15.5 Å². The lowest BCUT2D eigenvalue weighted by Crippen LogP contribution is -2.55. The lowest BCUT2D eigenvalue weighted by molar-refractivity contribution is -0.136. The van der Waals surface area contributed by atoms with Gasteiger partial charge in [0.05, 0.1) is 6.04 Å². The summed E-state index contributed by atoms with van der Waals surface area (Å²) in [5.74, 6) is 0.108. The number of amides is 1. The molecule has 2 N–H and O–H groups in total. The molecule has 1 aliphatic rings. The summed E-state index contributed by atoms with van der Waals surface area (Å²) >= 11 is 0. The highest BCUT2D eigenvalue weighted by Gasteiger charge is 2.31. The number of rotatable bonds is 3. The van der Waals surface area contributed by atoms with Gasteiger partial charge in [0.2, 0.25) is 5.91 Å². The summed E-state index contributed by atoms with van der Waals surface area (Å²) in [7, 11) is 4.07. The van der Waals surface area contributed by atoms with Crippen LogP contribution >= 0.6 is 0 Å². The topological polar surface area (TPSA) is 49.6 Å². The minimum Gasteiger partial charge on any atom is -0.340 e. The van der Waals surface area contributed by atoms with Crippen molar-refractivity contribution in [2.24, 2.45) is 5.73 Å². The van der Waals surface area contributed by atoms with E-state index in [0.717, 1.165) is 25.9 Å². The first-order chi connectivity index (χ1) is 6.84. The predicted octanol–water partition coefficient (Wildman–Crippen LogP) is 0.276. The fourth-order valence-electron chi connectivity index (χ4n) is 1.74. The van der Waals surface area contributed by atoms with Crippen LogP contribution in [0.1, 0.15) is 26.7 Å². The Morgan fingerprint density at radius 1 is 1.53 bits per heavy atom. The van der Waals surface area contributed by atoms with Gasteiger partial charge in [0.25, 0.3) is 0 Å². The fraction of sp³-hybridized carbons (Fsp3) is 0.909. The van der Waals surface area contributed by atoms with E-state index in [1.54, 1.807) is 0 Å². The van der Waals surface area contributed by atoms with Crippen molar-refractivity contribution in [1.29, 1.82) is 0 Å². The lowest BCUT2D eigenvalue weighted by atomic mass is 9.99. The largest absolute Gasteiger partial charge is 0.340 e. The van der Waals surface area contributed by atoms with Gasteiger partial charge in [-0.05, 0) is 40.8 Å². The molecule has 0 aromatic heterocycles. The standard InChI is InChI=1S/C11H23N3O/c1-11(2,13(3)4)8-14-7-5-6-9(12)10(14)15/h9H,5-8,12H2,1-4H3. The highest BCUT2D eigenvalue weighted by molar-refractivity contribution is 5.82. The third-order valence-corrected chi connectivity index (χ3v) is 3.36. The monoisotopic (exact) mass is 213 g/mol. The van der Waals surface area contributed by atoms with Crippen LogP contribution in [0.5, 0.6) is 0 Å². The Morgan fingerprint density at radius 3 is 2.67 bits per heavy atom. The SMILES string of the molecule is CN(C)C(C)(C)CN1CCCC(N)C1=O. The van der Waals surface area contributed by atoms with Crippen LogP contribution in [-0.2, 0) is 4.79 Å². The Balaban J connectivity index is 2.61. The van der Waals surface area contributed by atoms with Gasteiger partial charge in [-0.2, -0.15) is 0 Å². The van der Waals surface area contributed by atoms with Crippen molar-refractivity contribution < 1.29 is 4.79 Å². The zero-order chi connectivity index (χ0) is 11.6. The Bertz CT molecular complexity index is 238. The number of likely N-dealkylation sites (tertiary alicyclic amines) is 1. The summed E-state index contributed by atoms with van der Waals surface area (Å²) in [5, 5.41) is 0. The van der Waals surface area contributed by atoms with Gasteiger partial charge in [0.15, 0.2) is 0 Å². The van der Waals surface area contributed by atoms with E-state index in [0.29, 0.717) is 0 Å². The highest BCUT2D eigenvalue weighted by atomic mass is 16.2. The number of piperidine rings is 1. The normalized spacial score (nSPS) is 23.7. The molecule has 88 valence electrons. The van der Waals surface area contributed by atoms with Crippen LogP contribution in [0, 0.1) is 0 Å². The van der Waals surface area contributed by atoms with E-state index in [1.165, 1.54) is 0 Å². The summed E-state index contributed by atoms with van der Waals surface area (Å²) in [5.41, 5.74) is 5.77. The smallest absolute Gasteiger partial charge is 0.239 e. The molecule has 1 amide bonds. The second kappa shape index (κ2) is 4.49. The van der Waals surface area contributed by atoms with Crippen molar-refractivity contribution in [3.05, 3.63) is 0 Å². The van der Waals surface area contributed by atoms with Gasteiger partial charge in [0.1, 0.15) is 0 Å². The van der Waals surface area contributed by atoms with Crippen molar-refractivity contribution in [3.8, 4) is 0 Å². The molecule has 0 aromatic rings. The molecule has 0 aliphatic carbocycles. The Hall–Kier alpha value is -0.610. The molecule has 0 spiro atoms. The molecular formula is C11H23N3O. The molecule has 1 saturated heterocycles. The van der Waals surface area contributed by atoms with Crippen LogP contribution in [0.4, 0.5) is 0 Å². The summed E-state index contributed by atoms with van der Waals surface area (Å²) in [6.07, 6.45) is 1.86. The number of nitrogens with zero attached hydrogens (tertiary/aromatic N) is 2. The Kier molecular flexibility index (Phi) is 3.73. The maximum absolute atomic E-state index is 11.8. The number of likely N-dealkylation sites (N-methyl/N-ethyl adjacent to an activating group) is 1. The molecule has 1 aliphatic heterocycles. The van der Waals surface area contributed by atoms with Crippen molar-refractivity contribution in [2.45, 2.75) is 38.3 Å². The van der Waals surface area contributed by atoms with Crippen molar-refractivity contribution >= 4 is 5.91 Å². The summed E-state index contributed by atoms with van der Waals surface area (Å²) in [4.78, 5) is 15.8. The molecule has 1 rings (SSSR count). The highest BCUT2D eigenvalue weighted by Crippen LogP contribution is 2.17. The Labute approximate surface area is 92.4 Å². The minimum atomic E-state index is -0.281. The van der Waals surface area contributed by atoms with Gasteiger partial charge in [-0.1, -0.05) is 0 Å². The second-order valence-corrected chi connectivity index (χ2v) is 5.22. The predicted molar refractivity (Wildman–Crippen MR) is 61.6 cm³/mol. The first-order valence-corrected chi connectivity index (χ1v) is 5.56. The maximum Gasteiger partial charge on any atom is 0.239 e. The summed E-state index contributed by atoms with van der Waals surface area (Å²) < 4.78 is 0. The molecule has 1 heterocycles. The van der Waals surface area contributed by atoms with Crippen LogP contribution in [0.3, 0.4) is 0 Å². The van der Waals surface area contributed by atoms with E-state index < -0.39 is 0 Å². The minimum absolute atomic E-state index is 0.00667. The second-order valence-electron chi connectivity index (χ2n) is 5.22. The van der Waals surface area contributed by atoms with Crippen LogP contribution < -0.4 is 5.73 Å². The number of nitrogens with two attached hydrogens (primary N) is 1. The van der Waals surface area contributed by atoms with Crippen molar-refractivity contribution in [3.63, 3.8) is 0 Å². The van der Waals surface area contributed by atoms with Gasteiger partial charge in [-0.3, -0.25) is 4.79 Å². The van der Waals surface area contributed by atoms with Gasteiger partial charge >= 0.3 is 0 Å². The molecule has 15 heavy (non-hydrogen) atoms. The zero-order valence-electron chi connectivity index (χ0n) is 10.3. The molecule has 4 heteroatoms. The molecule has 1 fully saturated rings. The first kappa shape index (κ1) is 12.5. The molecular weight excluding hydrogens is 190 g/mol. The van der Waals surface area contributed by atoms with E-state index in [2.05, 4.69) is 18.7 Å². The van der Waals surface area contributed by atoms with Crippen molar-refractivity contribution in [2.75, 3.05) is 27.2 Å². The maximum atomic E-state index is 11.8. The fourth-order valence-corrected chi connectivity index (χ4v) is 1.74. The zero-order valence-corrected chi connectivity index (χ0v) is 10.3. The molecule has 0 bridgehead atoms. The third kappa shape index (κ3) is 2.92. The lowest BCUT2D eigenvalue weighted by Gasteiger charge is -2.40. The quantitative estimate of drug-likeness (QED) is 0.732. The average molecular weight is 213 g/mol. The van der Waals surface area contributed by atoms with Gasteiger partial charge in [0, 0.05) is 18.6 Å². The molecule has 0 radical (unpaired) electrons. The number of carbonyl (C=O) groups is 1. The number of hydrogen-bond donors (Lipinski definition) is 1. The molecule has 0 saturated carbocycles. The van der Waals surface area contributed by atoms with Crippen LogP contribution in [0.25, 0.3) is 0 Å². The van der Waals surface area contributed by atoms with Crippen molar-refractivity contribution in [1.82, 2.24) is 9.80 Å². The number of carbonyl (C=O) groups excluding carboxylic acids is 1. The van der Waals surface area contributed by atoms with Crippen LogP contribution in [0.15, 0.2) is 0 Å². The van der Waals surface area contributed by atoms with E-state index >= 15 is 0 Å². The third-order valence-electron chi connectivity index (χ3n) is 3.36. The van der Waals surface area contributed by atoms with E-state index in [-0.39, 0.29) is 17.5 Å². The van der Waals surface area contributed by atoms with Crippen LogP contribution in [0.2, 0.25) is 0 Å². The van der Waals surface area contributed by atoms with Gasteiger partial charge in [-0.25, -0.2) is 0 Å². The molecule has 4 nitrogen and oxygen atoms in total. The van der Waals surface area contributed by atoms with Crippen LogP contribution in [-0.4, -0.2) is 54.5 Å². The first-order valence-electron chi connectivity index (χ1n) is 5.56. The molecule has 0 aromatic carbocycles. The number of hydrogen-bond acceptors (Lipinski definition) is 3. The van der Waals surface area contributed by atoms with E-state index in [9.17, 15) is 4.79 Å². The molecule has 1 atom stereocenters. The van der Waals surface area contributed by atoms with Gasteiger partial charge in [-0.15, -0.1) is 0 Å². The Morgan fingerprint density at radius 2 is 2.13 bits per heavy atom. The molecule has 1 unspecified atom stereocenters.